The fraction of sp³-hybridized carbons (Fsp3) is 0.0833. The molecule has 3 aromatic carbocycles. The number of fused-ring (bicyclic) bond motifs is 1. The summed E-state index contributed by atoms with van der Waals surface area (Å²) in [4.78, 5) is 12.5. The second-order valence-electron chi connectivity index (χ2n) is 6.92. The molecule has 4 rings (SSSR count). The molecule has 0 atom stereocenters. The molecule has 0 aliphatic carbocycles. The Labute approximate surface area is 226 Å². The predicted octanol–water partition coefficient (Wildman–Crippen LogP) is 6.76. The van der Waals surface area contributed by atoms with Gasteiger partial charge in [0.15, 0.2) is 17.3 Å². The summed E-state index contributed by atoms with van der Waals surface area (Å²) in [6.07, 6.45) is 1.55. The highest BCUT2D eigenvalue weighted by atomic mass is 127. The molecule has 0 fully saturated rings. The van der Waals surface area contributed by atoms with Crippen molar-refractivity contribution in [1.29, 1.82) is 0 Å². The van der Waals surface area contributed by atoms with Crippen LogP contribution in [0.3, 0.4) is 0 Å². The molecule has 9 heteroatoms. The zero-order chi connectivity index (χ0) is 23.4. The summed E-state index contributed by atoms with van der Waals surface area (Å²) in [5.74, 6) is 1.00. The number of hydrogen-bond donors (Lipinski definition) is 1. The number of ether oxygens (including phenoxy) is 2. The number of nitrogens with zero attached hydrogens (tertiary/aromatic N) is 1. The highest BCUT2D eigenvalue weighted by Gasteiger charge is 2.15. The third-order valence-corrected chi connectivity index (χ3v) is 6.68. The minimum Gasteiger partial charge on any atom is -0.493 e. The van der Waals surface area contributed by atoms with Crippen molar-refractivity contribution in [3.05, 3.63) is 89.2 Å². The van der Waals surface area contributed by atoms with Crippen molar-refractivity contribution in [2.75, 3.05) is 7.11 Å². The number of methoxy groups -OCH3 is 1. The van der Waals surface area contributed by atoms with E-state index in [4.69, 9.17) is 13.9 Å². The highest BCUT2D eigenvalue weighted by Crippen LogP contribution is 2.34. The predicted molar refractivity (Wildman–Crippen MR) is 148 cm³/mol. The number of carbonyl (C=O) groups is 1. The maximum atomic E-state index is 12.5. The van der Waals surface area contributed by atoms with Gasteiger partial charge in [-0.05, 0) is 86.6 Å². The summed E-state index contributed by atoms with van der Waals surface area (Å²) in [5.41, 5.74) is 5.00. The van der Waals surface area contributed by atoms with Gasteiger partial charge in [-0.1, -0.05) is 46.3 Å². The van der Waals surface area contributed by atoms with E-state index in [0.29, 0.717) is 23.7 Å². The SMILES string of the molecule is COc1cc(/C=N\NC(=O)c2cc3cc(Br)cc(I)c3o2)cc(I)c1OCc1ccccc1. The molecule has 0 aliphatic rings. The van der Waals surface area contributed by atoms with Gasteiger partial charge in [0.05, 0.1) is 20.5 Å². The monoisotopic (exact) mass is 730 g/mol. The molecule has 1 aromatic heterocycles. The van der Waals surface area contributed by atoms with Crippen LogP contribution in [0.15, 0.2) is 74.7 Å². The summed E-state index contributed by atoms with van der Waals surface area (Å²) in [5, 5.41) is 4.91. The molecule has 1 amide bonds. The number of furan rings is 1. The molecule has 33 heavy (non-hydrogen) atoms. The summed E-state index contributed by atoms with van der Waals surface area (Å²) in [6.45, 7) is 0.434. The molecular weight excluding hydrogens is 714 g/mol. The lowest BCUT2D eigenvalue weighted by Gasteiger charge is -2.13. The molecule has 0 unspecified atom stereocenters. The van der Waals surface area contributed by atoms with Crippen molar-refractivity contribution in [2.45, 2.75) is 6.61 Å². The molecule has 0 aliphatic heterocycles. The molecule has 168 valence electrons. The van der Waals surface area contributed by atoms with Crippen LogP contribution in [0.2, 0.25) is 0 Å². The zero-order valence-corrected chi connectivity index (χ0v) is 23.2. The quantitative estimate of drug-likeness (QED) is 0.130. The van der Waals surface area contributed by atoms with E-state index >= 15 is 0 Å². The number of halogens is 3. The largest absolute Gasteiger partial charge is 0.493 e. The Bertz CT molecular complexity index is 1340. The highest BCUT2D eigenvalue weighted by molar-refractivity contribution is 14.1. The standard InChI is InChI=1S/C24H17BrI2N2O4/c1-31-20-8-15(7-18(26)23(20)32-13-14-5-3-2-4-6-14)12-28-29-24(30)21-10-16-9-17(25)11-19(27)22(16)33-21/h2-12H,13H2,1H3,(H,29,30)/b28-12-. The average Bonchev–Trinajstić information content (AvgIpc) is 3.23. The molecule has 0 saturated carbocycles. The zero-order valence-electron chi connectivity index (χ0n) is 17.3. The van der Waals surface area contributed by atoms with E-state index in [9.17, 15) is 4.79 Å². The van der Waals surface area contributed by atoms with Crippen molar-refractivity contribution in [2.24, 2.45) is 5.10 Å². The van der Waals surface area contributed by atoms with Gasteiger partial charge < -0.3 is 13.9 Å². The van der Waals surface area contributed by atoms with Gasteiger partial charge in [0.2, 0.25) is 0 Å². The van der Waals surface area contributed by atoms with Crippen molar-refractivity contribution >= 4 is 84.2 Å². The lowest BCUT2D eigenvalue weighted by Crippen LogP contribution is -2.16. The van der Waals surface area contributed by atoms with Crippen LogP contribution in [0.1, 0.15) is 21.7 Å². The lowest BCUT2D eigenvalue weighted by atomic mass is 10.2. The van der Waals surface area contributed by atoms with Gasteiger partial charge in [0, 0.05) is 9.86 Å². The van der Waals surface area contributed by atoms with Crippen LogP contribution in [0.4, 0.5) is 0 Å². The Morgan fingerprint density at radius 2 is 1.91 bits per heavy atom. The normalized spacial score (nSPS) is 11.2. The first-order valence-electron chi connectivity index (χ1n) is 9.71. The van der Waals surface area contributed by atoms with Crippen molar-refractivity contribution in [3.63, 3.8) is 0 Å². The minimum absolute atomic E-state index is 0.190. The number of carbonyl (C=O) groups excluding carboxylic acids is 1. The summed E-state index contributed by atoms with van der Waals surface area (Å²) < 4.78 is 19.9. The number of nitrogens with one attached hydrogen (secondary N) is 1. The number of hydrazone groups is 1. The molecular formula is C24H17BrI2N2O4. The van der Waals surface area contributed by atoms with Gasteiger partial charge >= 0.3 is 5.91 Å². The van der Waals surface area contributed by atoms with E-state index in [1.165, 1.54) is 0 Å². The van der Waals surface area contributed by atoms with Crippen LogP contribution in [-0.4, -0.2) is 19.2 Å². The third-order valence-electron chi connectivity index (χ3n) is 4.62. The van der Waals surface area contributed by atoms with Gasteiger partial charge in [-0.2, -0.15) is 5.10 Å². The summed E-state index contributed by atoms with van der Waals surface area (Å²) in [7, 11) is 1.59. The van der Waals surface area contributed by atoms with Gasteiger partial charge in [-0.25, -0.2) is 5.43 Å². The first-order chi connectivity index (χ1) is 15.9. The average molecular weight is 731 g/mol. The maximum Gasteiger partial charge on any atom is 0.307 e. The van der Waals surface area contributed by atoms with Crippen LogP contribution in [-0.2, 0) is 6.61 Å². The van der Waals surface area contributed by atoms with Gasteiger partial charge in [0.25, 0.3) is 0 Å². The Morgan fingerprint density at radius 3 is 2.67 bits per heavy atom. The second kappa shape index (κ2) is 10.9. The van der Waals surface area contributed by atoms with Crippen molar-refractivity contribution in [3.8, 4) is 11.5 Å². The third kappa shape index (κ3) is 5.87. The van der Waals surface area contributed by atoms with Gasteiger partial charge in [-0.15, -0.1) is 0 Å². The number of rotatable bonds is 7. The van der Waals surface area contributed by atoms with Crippen LogP contribution in [0.25, 0.3) is 11.0 Å². The van der Waals surface area contributed by atoms with Crippen molar-refractivity contribution < 1.29 is 18.7 Å². The van der Waals surface area contributed by atoms with Crippen LogP contribution >= 0.6 is 61.1 Å². The molecule has 0 spiro atoms. The molecule has 1 N–H and O–H groups in total. The maximum absolute atomic E-state index is 12.5. The Morgan fingerprint density at radius 1 is 1.12 bits per heavy atom. The van der Waals surface area contributed by atoms with E-state index in [1.54, 1.807) is 25.5 Å². The molecule has 1 heterocycles. The van der Waals surface area contributed by atoms with E-state index in [1.807, 2.05) is 48.5 Å². The van der Waals surface area contributed by atoms with E-state index in [2.05, 4.69) is 71.6 Å². The molecule has 0 bridgehead atoms. The summed E-state index contributed by atoms with van der Waals surface area (Å²) in [6, 6.07) is 19.1. The smallest absolute Gasteiger partial charge is 0.307 e. The van der Waals surface area contributed by atoms with Crippen LogP contribution in [0.5, 0.6) is 11.5 Å². The first kappa shape index (κ1) is 24.0. The Hall–Kier alpha value is -2.12. The summed E-state index contributed by atoms with van der Waals surface area (Å²) >= 11 is 7.81. The van der Waals surface area contributed by atoms with Gasteiger partial charge in [0.1, 0.15) is 12.2 Å². The Kier molecular flexibility index (Phi) is 7.91. The fourth-order valence-corrected chi connectivity index (χ4v) is 5.53. The topological polar surface area (TPSA) is 73.1 Å². The van der Waals surface area contributed by atoms with Crippen LogP contribution in [0, 0.1) is 7.14 Å². The van der Waals surface area contributed by atoms with E-state index in [0.717, 1.165) is 28.1 Å². The van der Waals surface area contributed by atoms with Gasteiger partial charge in [-0.3, -0.25) is 4.79 Å². The molecule has 0 radical (unpaired) electrons. The fourth-order valence-electron chi connectivity index (χ4n) is 3.09. The van der Waals surface area contributed by atoms with Crippen molar-refractivity contribution in [1.82, 2.24) is 5.43 Å². The lowest BCUT2D eigenvalue weighted by molar-refractivity contribution is 0.0929. The molecule has 6 nitrogen and oxygen atoms in total. The van der Waals surface area contributed by atoms with E-state index in [-0.39, 0.29) is 5.76 Å². The number of hydrogen-bond acceptors (Lipinski definition) is 5. The second-order valence-corrected chi connectivity index (χ2v) is 10.2. The first-order valence-corrected chi connectivity index (χ1v) is 12.7. The van der Waals surface area contributed by atoms with Crippen LogP contribution < -0.4 is 14.9 Å². The minimum atomic E-state index is -0.432. The Balaban J connectivity index is 1.46. The molecule has 4 aromatic rings. The number of benzene rings is 3. The molecule has 0 saturated heterocycles. The number of amides is 1. The van der Waals surface area contributed by atoms with E-state index < -0.39 is 5.91 Å².